The highest BCUT2D eigenvalue weighted by Gasteiger charge is 2.22. The van der Waals surface area contributed by atoms with Gasteiger partial charge in [0, 0.05) is 16.0 Å². The third kappa shape index (κ3) is 4.63. The van der Waals surface area contributed by atoms with Crippen LogP contribution >= 0.6 is 15.9 Å². The Bertz CT molecular complexity index is 1210. The monoisotopic (exact) mass is 495 g/mol. The molecular weight excluding hydrogens is 470 g/mol. The number of aromatic nitrogens is 2. The van der Waals surface area contributed by atoms with Crippen LogP contribution in [0.3, 0.4) is 0 Å². The van der Waals surface area contributed by atoms with Crippen molar-refractivity contribution in [2.24, 2.45) is 5.10 Å². The molecule has 2 aromatic carbocycles. The van der Waals surface area contributed by atoms with E-state index in [0.29, 0.717) is 34.6 Å². The largest absolute Gasteiger partial charge is 0.493 e. The number of rotatable bonds is 7. The summed E-state index contributed by atoms with van der Waals surface area (Å²) in [6.07, 6.45) is 8.83. The Morgan fingerprint density at radius 2 is 2.03 bits per heavy atom. The second-order valence-corrected chi connectivity index (χ2v) is 8.73. The van der Waals surface area contributed by atoms with E-state index in [1.807, 2.05) is 30.3 Å². The summed E-state index contributed by atoms with van der Waals surface area (Å²) in [5.41, 5.74) is 1.24. The van der Waals surface area contributed by atoms with Crippen molar-refractivity contribution in [1.82, 2.24) is 9.66 Å². The van der Waals surface area contributed by atoms with Crippen molar-refractivity contribution in [1.29, 1.82) is 0 Å². The molecule has 0 unspecified atom stereocenters. The van der Waals surface area contributed by atoms with E-state index in [4.69, 9.17) is 14.5 Å². The van der Waals surface area contributed by atoms with Gasteiger partial charge in [0.05, 0.1) is 24.2 Å². The zero-order valence-electron chi connectivity index (χ0n) is 18.1. The molecule has 0 spiro atoms. The molecule has 1 heterocycles. The van der Waals surface area contributed by atoms with Gasteiger partial charge >= 0.3 is 0 Å². The maximum absolute atomic E-state index is 13.4. The van der Waals surface area contributed by atoms with Crippen LogP contribution in [-0.2, 0) is 0 Å². The quantitative estimate of drug-likeness (QED) is 0.313. The molecule has 1 aromatic heterocycles. The van der Waals surface area contributed by atoms with Crippen molar-refractivity contribution in [3.8, 4) is 11.5 Å². The standard InChI is InChI=1S/C25H26BrN3O3/c1-3-13-32-23-18(14-19(26)15-22(23)31-2)16-27-29-24(17-9-5-4-6-10-17)28-21-12-8-7-11-20(21)25(29)30/h3,7-8,11-12,14-17H,1,4-6,9-10,13H2,2H3. The summed E-state index contributed by atoms with van der Waals surface area (Å²) in [5.74, 6) is 2.05. The Morgan fingerprint density at radius 1 is 1.25 bits per heavy atom. The SMILES string of the molecule is C=CCOc1c(C=Nn2c(C3CCCCC3)nc3ccccc3c2=O)cc(Br)cc1OC. The van der Waals surface area contributed by atoms with E-state index in [0.717, 1.165) is 36.0 Å². The molecule has 1 saturated carbocycles. The summed E-state index contributed by atoms with van der Waals surface area (Å²) in [5, 5.41) is 5.18. The molecule has 32 heavy (non-hydrogen) atoms. The van der Waals surface area contributed by atoms with Gasteiger partial charge in [-0.1, -0.05) is 60.0 Å². The molecule has 6 nitrogen and oxygen atoms in total. The van der Waals surface area contributed by atoms with Gasteiger partial charge in [0.15, 0.2) is 11.5 Å². The van der Waals surface area contributed by atoms with Gasteiger partial charge in [-0.25, -0.2) is 4.98 Å². The predicted octanol–water partition coefficient (Wildman–Crippen LogP) is 5.66. The van der Waals surface area contributed by atoms with E-state index in [-0.39, 0.29) is 11.5 Å². The van der Waals surface area contributed by atoms with Crippen molar-refractivity contribution in [3.05, 3.63) is 75.3 Å². The fraction of sp³-hybridized carbons (Fsp3) is 0.320. The first kappa shape index (κ1) is 22.3. The molecular formula is C25H26BrN3O3. The lowest BCUT2D eigenvalue weighted by atomic mass is 9.88. The Hall–Kier alpha value is -2.93. The number of methoxy groups -OCH3 is 1. The highest BCUT2D eigenvalue weighted by atomic mass is 79.9. The lowest BCUT2D eigenvalue weighted by Crippen LogP contribution is -2.25. The van der Waals surface area contributed by atoms with Gasteiger partial charge in [-0.15, -0.1) is 0 Å². The van der Waals surface area contributed by atoms with E-state index in [1.165, 1.54) is 11.1 Å². The molecule has 1 aliphatic rings. The third-order valence-corrected chi connectivity index (χ3v) is 6.13. The summed E-state index contributed by atoms with van der Waals surface area (Å²) in [6.45, 7) is 4.04. The average molecular weight is 496 g/mol. The van der Waals surface area contributed by atoms with Gasteiger partial charge in [0.1, 0.15) is 12.4 Å². The Balaban J connectivity index is 1.85. The summed E-state index contributed by atoms with van der Waals surface area (Å²) in [7, 11) is 1.59. The summed E-state index contributed by atoms with van der Waals surface area (Å²) >= 11 is 3.51. The van der Waals surface area contributed by atoms with Crippen molar-refractivity contribution in [2.45, 2.75) is 38.0 Å². The molecule has 0 aliphatic heterocycles. The number of fused-ring (bicyclic) bond motifs is 1. The lowest BCUT2D eigenvalue weighted by Gasteiger charge is -2.22. The maximum Gasteiger partial charge on any atom is 0.282 e. The summed E-state index contributed by atoms with van der Waals surface area (Å²) in [4.78, 5) is 18.3. The van der Waals surface area contributed by atoms with Gasteiger partial charge < -0.3 is 9.47 Å². The van der Waals surface area contributed by atoms with Crippen LogP contribution in [0.5, 0.6) is 11.5 Å². The number of para-hydroxylation sites is 1. The van der Waals surface area contributed by atoms with E-state index in [9.17, 15) is 4.79 Å². The Morgan fingerprint density at radius 3 is 2.78 bits per heavy atom. The molecule has 0 atom stereocenters. The van der Waals surface area contributed by atoms with Crippen LogP contribution in [-0.4, -0.2) is 29.6 Å². The number of ether oxygens (including phenoxy) is 2. The minimum Gasteiger partial charge on any atom is -0.493 e. The zero-order valence-corrected chi connectivity index (χ0v) is 19.7. The molecule has 0 radical (unpaired) electrons. The molecule has 1 fully saturated rings. The first-order valence-electron chi connectivity index (χ1n) is 10.8. The van der Waals surface area contributed by atoms with Crippen LogP contribution < -0.4 is 15.0 Å². The fourth-order valence-corrected chi connectivity index (χ4v) is 4.59. The molecule has 0 bridgehead atoms. The van der Waals surface area contributed by atoms with E-state index in [1.54, 1.807) is 25.5 Å². The number of nitrogens with zero attached hydrogens (tertiary/aromatic N) is 3. The van der Waals surface area contributed by atoms with Crippen LogP contribution in [0, 0.1) is 0 Å². The van der Waals surface area contributed by atoms with Crippen molar-refractivity contribution < 1.29 is 9.47 Å². The van der Waals surface area contributed by atoms with E-state index < -0.39 is 0 Å². The number of hydrogen-bond donors (Lipinski definition) is 0. The first-order valence-corrected chi connectivity index (χ1v) is 11.6. The summed E-state index contributed by atoms with van der Waals surface area (Å²) in [6, 6.07) is 11.1. The topological polar surface area (TPSA) is 65.7 Å². The zero-order chi connectivity index (χ0) is 22.5. The Labute approximate surface area is 195 Å². The van der Waals surface area contributed by atoms with Crippen LogP contribution in [0.1, 0.15) is 49.4 Å². The van der Waals surface area contributed by atoms with E-state index >= 15 is 0 Å². The molecule has 1 aliphatic carbocycles. The van der Waals surface area contributed by atoms with Crippen molar-refractivity contribution in [3.63, 3.8) is 0 Å². The highest BCUT2D eigenvalue weighted by Crippen LogP contribution is 2.35. The van der Waals surface area contributed by atoms with Crippen LogP contribution in [0.4, 0.5) is 0 Å². The minimum absolute atomic E-state index is 0.164. The van der Waals surface area contributed by atoms with Gasteiger partial charge in [0.2, 0.25) is 0 Å². The summed E-state index contributed by atoms with van der Waals surface area (Å²) < 4.78 is 13.6. The maximum atomic E-state index is 13.4. The van der Waals surface area contributed by atoms with Crippen LogP contribution in [0.15, 0.2) is 63.4 Å². The van der Waals surface area contributed by atoms with Crippen LogP contribution in [0.25, 0.3) is 10.9 Å². The average Bonchev–Trinajstić information content (AvgIpc) is 2.82. The lowest BCUT2D eigenvalue weighted by molar-refractivity contribution is 0.326. The number of halogens is 1. The second kappa shape index (κ2) is 10.1. The smallest absolute Gasteiger partial charge is 0.282 e. The van der Waals surface area contributed by atoms with Gasteiger partial charge in [-0.05, 0) is 37.1 Å². The number of hydrogen-bond acceptors (Lipinski definition) is 5. The molecule has 0 N–H and O–H groups in total. The molecule has 0 saturated heterocycles. The van der Waals surface area contributed by atoms with Gasteiger partial charge in [-0.3, -0.25) is 4.79 Å². The highest BCUT2D eigenvalue weighted by molar-refractivity contribution is 9.10. The van der Waals surface area contributed by atoms with Crippen molar-refractivity contribution in [2.75, 3.05) is 13.7 Å². The van der Waals surface area contributed by atoms with Crippen molar-refractivity contribution >= 4 is 33.0 Å². The normalized spacial score (nSPS) is 14.7. The second-order valence-electron chi connectivity index (χ2n) is 7.81. The van der Waals surface area contributed by atoms with Gasteiger partial charge in [-0.2, -0.15) is 9.78 Å². The molecule has 4 rings (SSSR count). The van der Waals surface area contributed by atoms with Crippen LogP contribution in [0.2, 0.25) is 0 Å². The fourth-order valence-electron chi connectivity index (χ4n) is 4.13. The number of benzene rings is 2. The first-order chi connectivity index (χ1) is 15.6. The Kier molecular flexibility index (Phi) is 7.05. The third-order valence-electron chi connectivity index (χ3n) is 5.68. The molecule has 0 amide bonds. The molecule has 3 aromatic rings. The molecule has 166 valence electrons. The predicted molar refractivity (Wildman–Crippen MR) is 131 cm³/mol. The van der Waals surface area contributed by atoms with Gasteiger partial charge in [0.25, 0.3) is 5.56 Å². The molecule has 7 heteroatoms. The van der Waals surface area contributed by atoms with E-state index in [2.05, 4.69) is 27.6 Å². The minimum atomic E-state index is -0.164.